The fraction of sp³-hybridized carbons (Fsp3) is 0.267. The van der Waals surface area contributed by atoms with Crippen molar-refractivity contribution in [2.24, 2.45) is 0 Å². The van der Waals surface area contributed by atoms with E-state index in [1.54, 1.807) is 0 Å². The molecule has 0 bridgehead atoms. The van der Waals surface area contributed by atoms with Crippen molar-refractivity contribution < 1.29 is 13.9 Å². The first-order chi connectivity index (χ1) is 10.5. The fourth-order valence-electron chi connectivity index (χ4n) is 1.07. The van der Waals surface area contributed by atoms with Crippen molar-refractivity contribution in [1.82, 2.24) is 4.98 Å². The molecule has 0 N–H and O–H groups in total. The van der Waals surface area contributed by atoms with Gasteiger partial charge in [-0.2, -0.15) is 0 Å². The third kappa shape index (κ3) is 10.3. The van der Waals surface area contributed by atoms with E-state index in [0.717, 1.165) is 12.8 Å². The number of nitro groups is 1. The SMILES string of the molecule is C=C=C=C.C=C=O.CCCCS(=O)c1ncccc1[N+](=O)[O-]. The summed E-state index contributed by atoms with van der Waals surface area (Å²) in [5.74, 6) is 1.67. The minimum atomic E-state index is -1.37. The van der Waals surface area contributed by atoms with Crippen LogP contribution in [0.25, 0.3) is 0 Å². The van der Waals surface area contributed by atoms with Gasteiger partial charge < -0.3 is 0 Å². The van der Waals surface area contributed by atoms with E-state index in [4.69, 9.17) is 4.79 Å². The number of hydrogen-bond donors (Lipinski definition) is 0. The Morgan fingerprint density at radius 1 is 1.36 bits per heavy atom. The molecule has 0 amide bonds. The van der Waals surface area contributed by atoms with Gasteiger partial charge in [-0.1, -0.05) is 24.8 Å². The monoisotopic (exact) mass is 322 g/mol. The molecule has 0 saturated heterocycles. The van der Waals surface area contributed by atoms with E-state index < -0.39 is 15.7 Å². The van der Waals surface area contributed by atoms with Crippen LogP contribution in [0, 0.1) is 10.1 Å². The van der Waals surface area contributed by atoms with Gasteiger partial charge in [-0.05, 0) is 32.2 Å². The molecule has 1 aromatic rings. The van der Waals surface area contributed by atoms with Crippen molar-refractivity contribution in [3.63, 3.8) is 0 Å². The highest BCUT2D eigenvalue weighted by Gasteiger charge is 2.19. The summed E-state index contributed by atoms with van der Waals surface area (Å²) in [7, 11) is -1.37. The Kier molecular flexibility index (Phi) is 14.7. The number of unbranched alkanes of at least 4 members (excludes halogenated alkanes) is 1. The van der Waals surface area contributed by atoms with Crippen LogP contribution in [0.2, 0.25) is 0 Å². The first-order valence-electron chi connectivity index (χ1n) is 6.16. The molecule has 1 atom stereocenters. The zero-order valence-electron chi connectivity index (χ0n) is 12.4. The van der Waals surface area contributed by atoms with Crippen LogP contribution in [0.3, 0.4) is 0 Å². The summed E-state index contributed by atoms with van der Waals surface area (Å²) < 4.78 is 11.7. The van der Waals surface area contributed by atoms with Crippen LogP contribution in [0.4, 0.5) is 5.69 Å². The van der Waals surface area contributed by atoms with Gasteiger partial charge in [-0.15, -0.1) is 0 Å². The maximum Gasteiger partial charge on any atom is 0.303 e. The lowest BCUT2D eigenvalue weighted by Crippen LogP contribution is -2.04. The quantitative estimate of drug-likeness (QED) is 0.360. The summed E-state index contributed by atoms with van der Waals surface area (Å²) in [6, 6.07) is 2.80. The largest absolute Gasteiger partial charge is 0.303 e. The third-order valence-electron chi connectivity index (χ3n) is 1.97. The standard InChI is InChI=1S/C9H12N2O3S.C4H4.C2H2O/c1-2-3-7-15(14)9-8(11(12)13)5-4-6-10-9;1-3-4-2;1-2-3/h4-6H,2-3,7H2,1H3;1-2H2;1H2. The highest BCUT2D eigenvalue weighted by atomic mass is 32.2. The molecule has 6 nitrogen and oxygen atoms in total. The zero-order valence-corrected chi connectivity index (χ0v) is 13.2. The molecule has 1 unspecified atom stereocenters. The van der Waals surface area contributed by atoms with E-state index in [1.165, 1.54) is 24.3 Å². The van der Waals surface area contributed by atoms with Crippen LogP contribution >= 0.6 is 0 Å². The second-order valence-corrected chi connectivity index (χ2v) is 4.97. The normalized spacial score (nSPS) is 9.32. The zero-order chi connectivity index (χ0) is 17.4. The highest BCUT2D eigenvalue weighted by molar-refractivity contribution is 7.85. The van der Waals surface area contributed by atoms with Crippen LogP contribution in [-0.4, -0.2) is 25.8 Å². The maximum absolute atomic E-state index is 11.7. The van der Waals surface area contributed by atoms with Gasteiger partial charge in [0.15, 0.2) is 0 Å². The van der Waals surface area contributed by atoms with E-state index >= 15 is 0 Å². The molecule has 0 aliphatic heterocycles. The van der Waals surface area contributed by atoms with Crippen molar-refractivity contribution in [2.45, 2.75) is 24.8 Å². The van der Waals surface area contributed by atoms with Crippen molar-refractivity contribution in [3.8, 4) is 0 Å². The average Bonchev–Trinajstić information content (AvgIpc) is 2.53. The van der Waals surface area contributed by atoms with E-state index in [2.05, 4.69) is 36.2 Å². The van der Waals surface area contributed by atoms with E-state index in [0.29, 0.717) is 5.75 Å². The van der Waals surface area contributed by atoms with E-state index in [1.807, 2.05) is 6.92 Å². The lowest BCUT2D eigenvalue weighted by molar-refractivity contribution is -0.388. The van der Waals surface area contributed by atoms with Crippen molar-refractivity contribution in [2.75, 3.05) is 5.75 Å². The molecule has 0 aliphatic carbocycles. The van der Waals surface area contributed by atoms with Crippen molar-refractivity contribution >= 4 is 22.4 Å². The van der Waals surface area contributed by atoms with Gasteiger partial charge in [0.2, 0.25) is 5.03 Å². The lowest BCUT2D eigenvalue weighted by atomic mass is 10.4. The van der Waals surface area contributed by atoms with Gasteiger partial charge in [0, 0.05) is 18.0 Å². The Morgan fingerprint density at radius 2 is 1.91 bits per heavy atom. The van der Waals surface area contributed by atoms with Crippen LogP contribution in [0.15, 0.2) is 54.6 Å². The Morgan fingerprint density at radius 3 is 2.32 bits per heavy atom. The number of pyridine rings is 1. The van der Waals surface area contributed by atoms with Crippen LogP contribution in [-0.2, 0) is 15.6 Å². The molecule has 0 saturated carbocycles. The molecule has 1 heterocycles. The van der Waals surface area contributed by atoms with Crippen molar-refractivity contribution in [3.05, 3.63) is 59.6 Å². The third-order valence-corrected chi connectivity index (χ3v) is 3.38. The molecule has 1 rings (SSSR count). The Hall–Kier alpha value is -2.55. The van der Waals surface area contributed by atoms with Gasteiger partial charge in [-0.3, -0.25) is 14.3 Å². The summed E-state index contributed by atoms with van der Waals surface area (Å²) in [4.78, 5) is 22.5. The Balaban J connectivity index is 0. The van der Waals surface area contributed by atoms with Crippen LogP contribution in [0.5, 0.6) is 0 Å². The molecule has 7 heteroatoms. The predicted molar refractivity (Wildman–Crippen MR) is 86.7 cm³/mol. The number of hydrogen-bond acceptors (Lipinski definition) is 5. The number of nitrogens with zero attached hydrogens (tertiary/aromatic N) is 2. The lowest BCUT2D eigenvalue weighted by Gasteiger charge is -2.00. The van der Waals surface area contributed by atoms with Crippen molar-refractivity contribution in [1.29, 1.82) is 0 Å². The first-order valence-corrected chi connectivity index (χ1v) is 7.48. The number of aromatic nitrogens is 1. The molecule has 0 spiro atoms. The predicted octanol–water partition coefficient (Wildman–Crippen LogP) is 3.01. The second-order valence-electron chi connectivity index (χ2n) is 3.49. The van der Waals surface area contributed by atoms with Crippen LogP contribution < -0.4 is 0 Å². The molecule has 22 heavy (non-hydrogen) atoms. The summed E-state index contributed by atoms with van der Waals surface area (Å²) >= 11 is 0. The molecule has 0 aliphatic rings. The first kappa shape index (κ1) is 21.7. The molecule has 118 valence electrons. The second kappa shape index (κ2) is 14.9. The van der Waals surface area contributed by atoms with E-state index in [-0.39, 0.29) is 10.7 Å². The molecular weight excluding hydrogens is 304 g/mol. The molecule has 0 radical (unpaired) electrons. The number of carbonyl (C=O) groups excluding carboxylic acids is 1. The molecule has 1 aromatic heterocycles. The fourth-order valence-corrected chi connectivity index (χ4v) is 2.37. The molecule has 0 aromatic carbocycles. The smallest absolute Gasteiger partial charge is 0.258 e. The van der Waals surface area contributed by atoms with Gasteiger partial charge >= 0.3 is 5.69 Å². The Labute approximate surface area is 132 Å². The van der Waals surface area contributed by atoms with Gasteiger partial charge in [0.1, 0.15) is 5.94 Å². The molecule has 0 fully saturated rings. The topological polar surface area (TPSA) is 90.2 Å². The minimum Gasteiger partial charge on any atom is -0.258 e. The van der Waals surface area contributed by atoms with Crippen LogP contribution in [0.1, 0.15) is 19.8 Å². The average molecular weight is 322 g/mol. The van der Waals surface area contributed by atoms with Gasteiger partial charge in [-0.25, -0.2) is 9.78 Å². The van der Waals surface area contributed by atoms with Gasteiger partial charge in [0.25, 0.3) is 0 Å². The minimum absolute atomic E-state index is 0.0796. The summed E-state index contributed by atoms with van der Waals surface area (Å²) in [6.07, 6.45) is 3.11. The Bertz CT molecular complexity index is 587. The summed E-state index contributed by atoms with van der Waals surface area (Å²) in [5.41, 5.74) is 4.48. The maximum atomic E-state index is 11.7. The summed E-state index contributed by atoms with van der Waals surface area (Å²) in [5, 5.41) is 10.7. The highest BCUT2D eigenvalue weighted by Crippen LogP contribution is 2.19. The number of rotatable bonds is 5. The summed E-state index contributed by atoms with van der Waals surface area (Å²) in [6.45, 7) is 11.0. The van der Waals surface area contributed by atoms with E-state index in [9.17, 15) is 14.3 Å². The van der Waals surface area contributed by atoms with Gasteiger partial charge in [0.05, 0.1) is 15.7 Å². The molecular formula is C15H18N2O4S.